The average molecular weight is 424 g/mol. The number of anilines is 2. The number of nitrogens with one attached hydrogen (secondary N) is 2. The zero-order valence-electron chi connectivity index (χ0n) is 14.7. The highest BCUT2D eigenvalue weighted by Crippen LogP contribution is 2.32. The quantitative estimate of drug-likeness (QED) is 0.696. The third-order valence-corrected chi connectivity index (χ3v) is 4.99. The van der Waals surface area contributed by atoms with Crippen molar-refractivity contribution in [1.29, 1.82) is 0 Å². The van der Waals surface area contributed by atoms with E-state index in [9.17, 15) is 4.79 Å². The normalized spacial score (nSPS) is 13.4. The van der Waals surface area contributed by atoms with Gasteiger partial charge in [-0.25, -0.2) is 0 Å². The van der Waals surface area contributed by atoms with Gasteiger partial charge in [-0.1, -0.05) is 35.3 Å². The Morgan fingerprint density at radius 2 is 1.89 bits per heavy atom. The van der Waals surface area contributed by atoms with Crippen molar-refractivity contribution in [3.63, 3.8) is 0 Å². The summed E-state index contributed by atoms with van der Waals surface area (Å²) in [6.07, 6.45) is 2.34. The summed E-state index contributed by atoms with van der Waals surface area (Å²) < 4.78 is 5.22. The van der Waals surface area contributed by atoms with Gasteiger partial charge in [0.2, 0.25) is 0 Å². The molecule has 8 heteroatoms. The van der Waals surface area contributed by atoms with Crippen LogP contribution in [0.3, 0.4) is 0 Å². The number of ether oxygens (including phenoxy) is 1. The molecule has 1 aliphatic heterocycles. The van der Waals surface area contributed by atoms with Crippen LogP contribution in [0.15, 0.2) is 36.4 Å². The van der Waals surface area contributed by atoms with Gasteiger partial charge in [0.25, 0.3) is 5.91 Å². The number of para-hydroxylation sites is 2. The number of hydrogen-bond donors (Lipinski definition) is 2. The molecule has 0 unspecified atom stereocenters. The van der Waals surface area contributed by atoms with Crippen LogP contribution in [0.5, 0.6) is 5.75 Å². The number of rotatable bonds is 4. The second kappa shape index (κ2) is 8.78. The molecule has 2 aromatic carbocycles. The fraction of sp³-hybridized carbons (Fsp3) is 0.263. The van der Waals surface area contributed by atoms with E-state index in [1.165, 1.54) is 32.1 Å². The van der Waals surface area contributed by atoms with Gasteiger partial charge >= 0.3 is 0 Å². The molecule has 0 aliphatic carbocycles. The van der Waals surface area contributed by atoms with Crippen LogP contribution in [-0.4, -0.2) is 31.2 Å². The van der Waals surface area contributed by atoms with Gasteiger partial charge in [-0.15, -0.1) is 0 Å². The van der Waals surface area contributed by atoms with Crippen molar-refractivity contribution in [1.82, 2.24) is 5.32 Å². The molecule has 1 heterocycles. The van der Waals surface area contributed by atoms with Gasteiger partial charge in [-0.3, -0.25) is 10.1 Å². The zero-order valence-corrected chi connectivity index (χ0v) is 17.0. The Morgan fingerprint density at radius 1 is 1.19 bits per heavy atom. The number of hydrogen-bond acceptors (Lipinski definition) is 4. The molecule has 2 N–H and O–H groups in total. The lowest BCUT2D eigenvalue weighted by molar-refractivity contribution is 0.0975. The van der Waals surface area contributed by atoms with Crippen molar-refractivity contribution in [3.8, 4) is 5.75 Å². The third-order valence-electron chi connectivity index (χ3n) is 4.28. The first-order valence-electron chi connectivity index (χ1n) is 8.49. The highest BCUT2D eigenvalue weighted by molar-refractivity contribution is 7.80. The maximum absolute atomic E-state index is 12.6. The van der Waals surface area contributed by atoms with Crippen LogP contribution in [0, 0.1) is 0 Å². The van der Waals surface area contributed by atoms with E-state index >= 15 is 0 Å². The summed E-state index contributed by atoms with van der Waals surface area (Å²) in [5, 5.41) is 6.54. The molecule has 3 rings (SSSR count). The molecular formula is C19H19Cl2N3O2S. The van der Waals surface area contributed by atoms with E-state index in [0.717, 1.165) is 24.5 Å². The van der Waals surface area contributed by atoms with Crippen molar-refractivity contribution < 1.29 is 9.53 Å². The molecule has 5 nitrogen and oxygen atoms in total. The number of benzene rings is 2. The third kappa shape index (κ3) is 4.64. The molecule has 27 heavy (non-hydrogen) atoms. The predicted octanol–water partition coefficient (Wildman–Crippen LogP) is 4.73. The Kier molecular flexibility index (Phi) is 6.42. The Labute approximate surface area is 173 Å². The molecule has 1 aliphatic rings. The number of methoxy groups -OCH3 is 1. The van der Waals surface area contributed by atoms with Gasteiger partial charge in [0.15, 0.2) is 5.11 Å². The summed E-state index contributed by atoms with van der Waals surface area (Å²) in [6, 6.07) is 10.9. The van der Waals surface area contributed by atoms with E-state index in [0.29, 0.717) is 5.02 Å². The Hall–Kier alpha value is -2.02. The first-order chi connectivity index (χ1) is 13.0. The van der Waals surface area contributed by atoms with Crippen LogP contribution >= 0.6 is 35.4 Å². The largest absolute Gasteiger partial charge is 0.494 e. The van der Waals surface area contributed by atoms with E-state index in [1.807, 2.05) is 24.3 Å². The van der Waals surface area contributed by atoms with E-state index in [-0.39, 0.29) is 21.4 Å². The summed E-state index contributed by atoms with van der Waals surface area (Å²) in [5.41, 5.74) is 2.13. The topological polar surface area (TPSA) is 53.6 Å². The molecule has 0 spiro atoms. The Morgan fingerprint density at radius 3 is 2.59 bits per heavy atom. The van der Waals surface area contributed by atoms with Crippen LogP contribution in [0.4, 0.5) is 11.4 Å². The summed E-state index contributed by atoms with van der Waals surface area (Å²) >= 11 is 17.4. The molecule has 2 aromatic rings. The lowest BCUT2D eigenvalue weighted by Gasteiger charge is -2.22. The molecule has 1 fully saturated rings. The number of thiocarbonyl (C=S) groups is 1. The maximum Gasteiger partial charge on any atom is 0.261 e. The summed E-state index contributed by atoms with van der Waals surface area (Å²) in [5.74, 6) is -0.203. The Bertz CT molecular complexity index is 870. The first-order valence-corrected chi connectivity index (χ1v) is 9.65. The van der Waals surface area contributed by atoms with Crippen LogP contribution < -0.4 is 20.3 Å². The minimum absolute atomic E-state index is 0.185. The standard InChI is InChI=1S/C19H19Cl2N3O2S/c1-26-17-13(10-12(20)11-14(17)21)18(25)23-19(27)22-15-6-2-3-7-16(15)24-8-4-5-9-24/h2-3,6-7,10-11H,4-5,8-9H2,1H3,(H2,22,23,25,27). The molecule has 0 bridgehead atoms. The molecule has 1 saturated heterocycles. The highest BCUT2D eigenvalue weighted by Gasteiger charge is 2.19. The average Bonchev–Trinajstić information content (AvgIpc) is 3.16. The number of amides is 1. The SMILES string of the molecule is COc1c(Cl)cc(Cl)cc1C(=O)NC(=S)Nc1ccccc1N1CCCC1. The van der Waals surface area contributed by atoms with Gasteiger partial charge < -0.3 is 15.0 Å². The summed E-state index contributed by atoms with van der Waals surface area (Å²) in [4.78, 5) is 14.9. The smallest absolute Gasteiger partial charge is 0.261 e. The lowest BCUT2D eigenvalue weighted by atomic mass is 10.2. The van der Waals surface area contributed by atoms with Crippen molar-refractivity contribution in [2.75, 3.05) is 30.4 Å². The van der Waals surface area contributed by atoms with Crippen molar-refractivity contribution >= 4 is 57.8 Å². The van der Waals surface area contributed by atoms with Crippen LogP contribution in [0.25, 0.3) is 0 Å². The zero-order chi connectivity index (χ0) is 19.4. The summed E-state index contributed by atoms with van der Waals surface area (Å²) in [7, 11) is 1.44. The predicted molar refractivity (Wildman–Crippen MR) is 115 cm³/mol. The van der Waals surface area contributed by atoms with Crippen LogP contribution in [0.1, 0.15) is 23.2 Å². The fourth-order valence-corrected chi connectivity index (χ4v) is 3.85. The van der Waals surface area contributed by atoms with Crippen LogP contribution in [-0.2, 0) is 0 Å². The maximum atomic E-state index is 12.6. The minimum atomic E-state index is -0.451. The van der Waals surface area contributed by atoms with E-state index in [4.69, 9.17) is 40.2 Å². The number of carbonyl (C=O) groups is 1. The molecule has 0 aromatic heterocycles. The second-order valence-corrected chi connectivity index (χ2v) is 7.34. The van der Waals surface area contributed by atoms with Crippen molar-refractivity contribution in [2.45, 2.75) is 12.8 Å². The lowest BCUT2D eigenvalue weighted by Crippen LogP contribution is -2.35. The molecule has 0 atom stereocenters. The monoisotopic (exact) mass is 423 g/mol. The molecule has 142 valence electrons. The van der Waals surface area contributed by atoms with Gasteiger partial charge in [-0.05, 0) is 49.3 Å². The molecule has 0 saturated carbocycles. The van der Waals surface area contributed by atoms with Gasteiger partial charge in [0.1, 0.15) is 5.75 Å². The molecule has 0 radical (unpaired) electrons. The second-order valence-electron chi connectivity index (χ2n) is 6.09. The molecular weight excluding hydrogens is 405 g/mol. The van der Waals surface area contributed by atoms with Crippen molar-refractivity contribution in [2.24, 2.45) is 0 Å². The number of nitrogens with zero attached hydrogens (tertiary/aromatic N) is 1. The highest BCUT2D eigenvalue weighted by atomic mass is 35.5. The fourth-order valence-electron chi connectivity index (χ4n) is 3.07. The number of halogens is 2. The van der Waals surface area contributed by atoms with E-state index in [1.54, 1.807) is 0 Å². The van der Waals surface area contributed by atoms with E-state index in [2.05, 4.69) is 15.5 Å². The Balaban J connectivity index is 1.75. The van der Waals surface area contributed by atoms with Gasteiger partial charge in [-0.2, -0.15) is 0 Å². The van der Waals surface area contributed by atoms with Gasteiger partial charge in [0.05, 0.1) is 29.1 Å². The summed E-state index contributed by atoms with van der Waals surface area (Å²) in [6.45, 7) is 2.02. The van der Waals surface area contributed by atoms with E-state index < -0.39 is 5.91 Å². The minimum Gasteiger partial charge on any atom is -0.494 e. The van der Waals surface area contributed by atoms with Crippen molar-refractivity contribution in [3.05, 3.63) is 52.0 Å². The molecule has 1 amide bonds. The van der Waals surface area contributed by atoms with Gasteiger partial charge in [0, 0.05) is 18.1 Å². The first kappa shape index (κ1) is 19.7. The number of carbonyl (C=O) groups excluding carboxylic acids is 1. The van der Waals surface area contributed by atoms with Crippen LogP contribution in [0.2, 0.25) is 10.0 Å².